The monoisotopic (exact) mass is 265 g/mol. The molecule has 0 aromatic heterocycles. The molecule has 1 aliphatic heterocycles. The number of nitrogens with two attached hydrogens (primary N) is 1. The van der Waals surface area contributed by atoms with Crippen molar-refractivity contribution < 1.29 is 13.5 Å². The summed E-state index contributed by atoms with van der Waals surface area (Å²) in [6, 6.07) is 0. The molecule has 1 aliphatic rings. The van der Waals surface area contributed by atoms with Crippen LogP contribution < -0.4 is 5.73 Å². The maximum Gasteiger partial charge on any atom is 0.215 e. The highest BCUT2D eigenvalue weighted by atomic mass is 32.2. The van der Waals surface area contributed by atoms with Crippen LogP contribution >= 0.6 is 0 Å². The van der Waals surface area contributed by atoms with Crippen LogP contribution in [0, 0.1) is 0 Å². The van der Waals surface area contributed by atoms with E-state index in [4.69, 9.17) is 5.73 Å². The molecule has 0 aromatic carbocycles. The number of sulfonamides is 1. The van der Waals surface area contributed by atoms with Crippen molar-refractivity contribution in [3.63, 3.8) is 0 Å². The normalized spacial score (nSPS) is 20.7. The molecule has 7 heteroatoms. The van der Waals surface area contributed by atoms with Crippen molar-refractivity contribution in [2.45, 2.75) is 19.4 Å². The zero-order valence-corrected chi connectivity index (χ0v) is 11.4. The van der Waals surface area contributed by atoms with Gasteiger partial charge in [0.1, 0.15) is 0 Å². The van der Waals surface area contributed by atoms with Crippen molar-refractivity contribution >= 4 is 10.0 Å². The first-order chi connectivity index (χ1) is 7.74. The Balaban J connectivity index is 2.46. The highest BCUT2D eigenvalue weighted by Crippen LogP contribution is 2.11. The standard InChI is InChI=1S/C10H23N3O3S/c1-10(2,14)9-12-4-6-13(7-5-12)17(15,16)8-3-11/h14H,3-9,11H2,1-2H3. The maximum absolute atomic E-state index is 11.8. The van der Waals surface area contributed by atoms with Gasteiger partial charge in [-0.25, -0.2) is 8.42 Å². The van der Waals surface area contributed by atoms with Gasteiger partial charge in [0.25, 0.3) is 0 Å². The van der Waals surface area contributed by atoms with E-state index in [1.54, 1.807) is 13.8 Å². The molecule has 0 aromatic rings. The Hall–Kier alpha value is -0.210. The second-order valence-corrected chi connectivity index (χ2v) is 7.18. The zero-order valence-electron chi connectivity index (χ0n) is 10.6. The summed E-state index contributed by atoms with van der Waals surface area (Å²) in [5.74, 6) is 0.0124. The van der Waals surface area contributed by atoms with Crippen LogP contribution in [0.15, 0.2) is 0 Å². The maximum atomic E-state index is 11.8. The van der Waals surface area contributed by atoms with Crippen molar-refractivity contribution in [3.05, 3.63) is 0 Å². The summed E-state index contributed by atoms with van der Waals surface area (Å²) in [5, 5.41) is 9.69. The molecule has 0 radical (unpaired) electrons. The Morgan fingerprint density at radius 3 is 2.18 bits per heavy atom. The Morgan fingerprint density at radius 1 is 1.24 bits per heavy atom. The number of aliphatic hydroxyl groups is 1. The van der Waals surface area contributed by atoms with Gasteiger partial charge < -0.3 is 10.8 Å². The molecule has 1 fully saturated rings. The van der Waals surface area contributed by atoms with Gasteiger partial charge in [-0.1, -0.05) is 0 Å². The summed E-state index contributed by atoms with van der Waals surface area (Å²) < 4.78 is 25.0. The van der Waals surface area contributed by atoms with Gasteiger partial charge in [-0.2, -0.15) is 4.31 Å². The first-order valence-electron chi connectivity index (χ1n) is 5.87. The average Bonchev–Trinajstić information content (AvgIpc) is 2.15. The van der Waals surface area contributed by atoms with Crippen LogP contribution in [-0.4, -0.2) is 73.4 Å². The van der Waals surface area contributed by atoms with Gasteiger partial charge in [-0.3, -0.25) is 4.90 Å². The van der Waals surface area contributed by atoms with E-state index in [0.29, 0.717) is 32.7 Å². The number of piperazine rings is 1. The third-order valence-electron chi connectivity index (χ3n) is 2.71. The molecular weight excluding hydrogens is 242 g/mol. The van der Waals surface area contributed by atoms with Crippen LogP contribution in [0.25, 0.3) is 0 Å². The van der Waals surface area contributed by atoms with Gasteiger partial charge in [0.2, 0.25) is 10.0 Å². The molecule has 0 unspecified atom stereocenters. The highest BCUT2D eigenvalue weighted by Gasteiger charge is 2.28. The lowest BCUT2D eigenvalue weighted by molar-refractivity contribution is 0.0263. The van der Waals surface area contributed by atoms with E-state index >= 15 is 0 Å². The Morgan fingerprint density at radius 2 is 1.76 bits per heavy atom. The van der Waals surface area contributed by atoms with E-state index in [1.165, 1.54) is 4.31 Å². The van der Waals surface area contributed by atoms with Crippen LogP contribution in [-0.2, 0) is 10.0 Å². The number of hydrogen-bond acceptors (Lipinski definition) is 5. The third kappa shape index (κ3) is 4.89. The van der Waals surface area contributed by atoms with Crippen molar-refractivity contribution in [1.82, 2.24) is 9.21 Å². The van der Waals surface area contributed by atoms with Crippen LogP contribution in [0.1, 0.15) is 13.8 Å². The first kappa shape index (κ1) is 14.8. The molecule has 1 rings (SSSR count). The fourth-order valence-electron chi connectivity index (χ4n) is 1.99. The quantitative estimate of drug-likeness (QED) is 0.643. The summed E-state index contributed by atoms with van der Waals surface area (Å²) in [5.41, 5.74) is 4.54. The molecule has 102 valence electrons. The highest BCUT2D eigenvalue weighted by molar-refractivity contribution is 7.89. The van der Waals surface area contributed by atoms with Gasteiger partial charge in [0.15, 0.2) is 0 Å². The van der Waals surface area contributed by atoms with Crippen LogP contribution in [0.2, 0.25) is 0 Å². The molecule has 0 spiro atoms. The number of hydrogen-bond donors (Lipinski definition) is 2. The van der Waals surface area contributed by atoms with Crippen molar-refractivity contribution in [3.8, 4) is 0 Å². The number of nitrogens with zero attached hydrogens (tertiary/aromatic N) is 2. The molecule has 17 heavy (non-hydrogen) atoms. The van der Waals surface area contributed by atoms with E-state index in [9.17, 15) is 13.5 Å². The fourth-order valence-corrected chi connectivity index (χ4v) is 3.27. The molecule has 0 aliphatic carbocycles. The summed E-state index contributed by atoms with van der Waals surface area (Å²) in [7, 11) is -3.18. The number of rotatable bonds is 5. The lowest BCUT2D eigenvalue weighted by Crippen LogP contribution is -2.52. The average molecular weight is 265 g/mol. The van der Waals surface area contributed by atoms with Crippen LogP contribution in [0.4, 0.5) is 0 Å². The molecule has 0 amide bonds. The van der Waals surface area contributed by atoms with Gasteiger partial charge >= 0.3 is 0 Å². The molecule has 0 bridgehead atoms. The SMILES string of the molecule is CC(C)(O)CN1CCN(S(=O)(=O)CCN)CC1. The largest absolute Gasteiger partial charge is 0.389 e. The number of β-amino-alcohol motifs (C(OH)–C–C–N with tert-alkyl or cyclic N) is 1. The van der Waals surface area contributed by atoms with Crippen molar-refractivity contribution in [2.75, 3.05) is 45.0 Å². The summed E-state index contributed by atoms with van der Waals surface area (Å²) >= 11 is 0. The van der Waals surface area contributed by atoms with Crippen molar-refractivity contribution in [1.29, 1.82) is 0 Å². The minimum Gasteiger partial charge on any atom is -0.389 e. The molecule has 1 heterocycles. The summed E-state index contributed by atoms with van der Waals surface area (Å²) in [6.07, 6.45) is 0. The van der Waals surface area contributed by atoms with E-state index in [-0.39, 0.29) is 12.3 Å². The molecule has 0 atom stereocenters. The Bertz CT molecular complexity index is 329. The van der Waals surface area contributed by atoms with Crippen LogP contribution in [0.5, 0.6) is 0 Å². The molecule has 6 nitrogen and oxygen atoms in total. The predicted octanol–water partition coefficient (Wildman–Crippen LogP) is -1.34. The minimum atomic E-state index is -3.18. The smallest absolute Gasteiger partial charge is 0.215 e. The molecule has 3 N–H and O–H groups in total. The lowest BCUT2D eigenvalue weighted by atomic mass is 10.1. The van der Waals surface area contributed by atoms with E-state index in [2.05, 4.69) is 4.90 Å². The van der Waals surface area contributed by atoms with Crippen LogP contribution in [0.3, 0.4) is 0 Å². The van der Waals surface area contributed by atoms with E-state index in [1.807, 2.05) is 0 Å². The Labute approximate surface area is 103 Å². The second-order valence-electron chi connectivity index (χ2n) is 5.09. The van der Waals surface area contributed by atoms with Gasteiger partial charge in [0, 0.05) is 39.3 Å². The molecular formula is C10H23N3O3S. The lowest BCUT2D eigenvalue weighted by Gasteiger charge is -2.36. The third-order valence-corrected chi connectivity index (χ3v) is 4.61. The second kappa shape index (κ2) is 5.62. The predicted molar refractivity (Wildman–Crippen MR) is 67.2 cm³/mol. The fraction of sp³-hybridized carbons (Fsp3) is 1.00. The first-order valence-corrected chi connectivity index (χ1v) is 7.48. The minimum absolute atomic E-state index is 0.0124. The molecule has 1 saturated heterocycles. The summed E-state index contributed by atoms with van der Waals surface area (Å²) in [6.45, 7) is 6.53. The van der Waals surface area contributed by atoms with Crippen molar-refractivity contribution in [2.24, 2.45) is 5.73 Å². The Kier molecular flexibility index (Phi) is 4.91. The van der Waals surface area contributed by atoms with Gasteiger partial charge in [-0.05, 0) is 13.8 Å². The van der Waals surface area contributed by atoms with Gasteiger partial charge in [0.05, 0.1) is 11.4 Å². The van der Waals surface area contributed by atoms with Gasteiger partial charge in [-0.15, -0.1) is 0 Å². The molecule has 0 saturated carbocycles. The van der Waals surface area contributed by atoms with E-state index < -0.39 is 15.6 Å². The van der Waals surface area contributed by atoms with E-state index in [0.717, 1.165) is 0 Å². The summed E-state index contributed by atoms with van der Waals surface area (Å²) in [4.78, 5) is 2.08. The zero-order chi connectivity index (χ0) is 13.1. The topological polar surface area (TPSA) is 86.9 Å².